The summed E-state index contributed by atoms with van der Waals surface area (Å²) in [5.74, 6) is 1.32. The van der Waals surface area contributed by atoms with E-state index in [-0.39, 0.29) is 18.6 Å². The molecule has 6 heteroatoms. The van der Waals surface area contributed by atoms with Crippen LogP contribution in [0.15, 0.2) is 18.2 Å². The molecule has 6 nitrogen and oxygen atoms in total. The van der Waals surface area contributed by atoms with E-state index in [1.54, 1.807) is 12.1 Å². The average Bonchev–Trinajstić information content (AvgIpc) is 2.60. The highest BCUT2D eigenvalue weighted by molar-refractivity contribution is 5.95. The van der Waals surface area contributed by atoms with Crippen molar-refractivity contribution in [2.75, 3.05) is 38.2 Å². The van der Waals surface area contributed by atoms with Crippen LogP contribution in [0.1, 0.15) is 31.7 Å². The lowest BCUT2D eigenvalue weighted by Crippen LogP contribution is -2.53. The smallest absolute Gasteiger partial charge is 0.244 e. The summed E-state index contributed by atoms with van der Waals surface area (Å²) in [6.45, 7) is 5.22. The summed E-state index contributed by atoms with van der Waals surface area (Å²) >= 11 is 0. The Morgan fingerprint density at radius 3 is 2.96 bits per heavy atom. The molecular formula is C19H28N2O4. The Balaban J connectivity index is 1.65. The maximum absolute atomic E-state index is 12.7. The molecule has 1 saturated heterocycles. The number of nitrogens with one attached hydrogen (secondary N) is 1. The number of benzene rings is 1. The van der Waals surface area contributed by atoms with Crippen LogP contribution >= 0.6 is 0 Å². The van der Waals surface area contributed by atoms with Gasteiger partial charge >= 0.3 is 0 Å². The van der Waals surface area contributed by atoms with E-state index in [1.807, 2.05) is 13.0 Å². The second-order valence-corrected chi connectivity index (χ2v) is 6.79. The molecule has 3 rings (SSSR count). The summed E-state index contributed by atoms with van der Waals surface area (Å²) in [7, 11) is 0. The minimum Gasteiger partial charge on any atom is -0.494 e. The van der Waals surface area contributed by atoms with Gasteiger partial charge in [-0.15, -0.1) is 0 Å². The predicted octanol–water partition coefficient (Wildman–Crippen LogP) is 2.02. The zero-order valence-corrected chi connectivity index (χ0v) is 14.9. The van der Waals surface area contributed by atoms with E-state index in [4.69, 9.17) is 9.47 Å². The van der Waals surface area contributed by atoms with Gasteiger partial charge in [0.05, 0.1) is 26.4 Å². The van der Waals surface area contributed by atoms with Crippen molar-refractivity contribution in [2.45, 2.75) is 38.8 Å². The molecule has 0 aromatic heterocycles. The Morgan fingerprint density at radius 2 is 2.28 bits per heavy atom. The highest BCUT2D eigenvalue weighted by atomic mass is 16.5. The number of aliphatic hydroxyl groups excluding tert-OH is 1. The molecule has 2 N–H and O–H groups in total. The predicted molar refractivity (Wildman–Crippen MR) is 95.7 cm³/mol. The first-order valence-corrected chi connectivity index (χ1v) is 9.20. The number of carbonyl (C=O) groups is 1. The van der Waals surface area contributed by atoms with Crippen molar-refractivity contribution in [3.05, 3.63) is 23.8 Å². The van der Waals surface area contributed by atoms with Crippen LogP contribution in [0.25, 0.3) is 0 Å². The van der Waals surface area contributed by atoms with Gasteiger partial charge in [0.1, 0.15) is 11.8 Å². The third-order valence-electron chi connectivity index (χ3n) is 5.06. The Labute approximate surface area is 149 Å². The standard InChI is InChI=1S/C19H28N2O4/c1-2-25-18-7-6-16(10-15(18)12-22)20-19(23)17-13-24-9-8-21(17)11-14-4-3-5-14/h6-7,10,14,17,22H,2-5,8-9,11-13H2,1H3,(H,20,23). The molecule has 2 fully saturated rings. The van der Waals surface area contributed by atoms with Crippen LogP contribution in [-0.2, 0) is 16.1 Å². The van der Waals surface area contributed by atoms with Crippen molar-refractivity contribution in [3.8, 4) is 5.75 Å². The molecule has 1 atom stereocenters. The number of anilines is 1. The zero-order chi connectivity index (χ0) is 17.6. The van der Waals surface area contributed by atoms with Crippen molar-refractivity contribution in [1.29, 1.82) is 0 Å². The fourth-order valence-corrected chi connectivity index (χ4v) is 3.41. The van der Waals surface area contributed by atoms with E-state index in [2.05, 4.69) is 10.2 Å². The number of rotatable bonds is 7. The highest BCUT2D eigenvalue weighted by Crippen LogP contribution is 2.28. The van der Waals surface area contributed by atoms with Gasteiger partial charge in [0, 0.05) is 24.3 Å². The third kappa shape index (κ3) is 4.51. The van der Waals surface area contributed by atoms with Gasteiger partial charge in [0.15, 0.2) is 0 Å². The largest absolute Gasteiger partial charge is 0.494 e. The number of ether oxygens (including phenoxy) is 2. The summed E-state index contributed by atoms with van der Waals surface area (Å²) in [5, 5.41) is 12.5. The van der Waals surface area contributed by atoms with Gasteiger partial charge in [-0.1, -0.05) is 6.42 Å². The van der Waals surface area contributed by atoms with Gasteiger partial charge in [-0.25, -0.2) is 0 Å². The SMILES string of the molecule is CCOc1ccc(NC(=O)C2COCCN2CC2CCC2)cc1CO. The Kier molecular flexibility index (Phi) is 6.29. The van der Waals surface area contributed by atoms with E-state index >= 15 is 0 Å². The Morgan fingerprint density at radius 1 is 1.44 bits per heavy atom. The van der Waals surface area contributed by atoms with Gasteiger partial charge in [-0.3, -0.25) is 9.69 Å². The number of carbonyl (C=O) groups excluding carboxylic acids is 1. The molecule has 25 heavy (non-hydrogen) atoms. The third-order valence-corrected chi connectivity index (χ3v) is 5.06. The number of aliphatic hydroxyl groups is 1. The first-order valence-electron chi connectivity index (χ1n) is 9.20. The fraction of sp³-hybridized carbons (Fsp3) is 0.632. The molecule has 1 aromatic carbocycles. The van der Waals surface area contributed by atoms with Crippen LogP contribution in [0.2, 0.25) is 0 Å². The van der Waals surface area contributed by atoms with Crippen molar-refractivity contribution < 1.29 is 19.4 Å². The fourth-order valence-electron chi connectivity index (χ4n) is 3.41. The van der Waals surface area contributed by atoms with Gasteiger partial charge in [0.2, 0.25) is 5.91 Å². The van der Waals surface area contributed by atoms with Gasteiger partial charge < -0.3 is 19.9 Å². The highest BCUT2D eigenvalue weighted by Gasteiger charge is 2.32. The van der Waals surface area contributed by atoms with Crippen molar-refractivity contribution >= 4 is 11.6 Å². The molecule has 2 aliphatic rings. The topological polar surface area (TPSA) is 71.0 Å². The summed E-state index contributed by atoms with van der Waals surface area (Å²) in [6, 6.07) is 5.11. The van der Waals surface area contributed by atoms with Gasteiger partial charge in [0.25, 0.3) is 0 Å². The Hall–Kier alpha value is -1.63. The lowest BCUT2D eigenvalue weighted by Gasteiger charge is -2.39. The Bertz CT molecular complexity index is 589. The number of nitrogens with zero attached hydrogens (tertiary/aromatic N) is 1. The van der Waals surface area contributed by atoms with E-state index in [0.717, 1.165) is 19.0 Å². The number of amides is 1. The van der Waals surface area contributed by atoms with Crippen molar-refractivity contribution in [3.63, 3.8) is 0 Å². The molecule has 138 valence electrons. The first-order chi connectivity index (χ1) is 12.2. The van der Waals surface area contributed by atoms with Crippen LogP contribution < -0.4 is 10.1 Å². The maximum Gasteiger partial charge on any atom is 0.244 e. The number of hydrogen-bond donors (Lipinski definition) is 2. The molecule has 1 aliphatic carbocycles. The molecule has 1 amide bonds. The monoisotopic (exact) mass is 348 g/mol. The van der Waals surface area contributed by atoms with E-state index in [1.165, 1.54) is 19.3 Å². The summed E-state index contributed by atoms with van der Waals surface area (Å²) < 4.78 is 11.0. The summed E-state index contributed by atoms with van der Waals surface area (Å²) in [6.07, 6.45) is 3.84. The molecule has 1 unspecified atom stereocenters. The lowest BCUT2D eigenvalue weighted by molar-refractivity contribution is -0.128. The van der Waals surface area contributed by atoms with Crippen LogP contribution in [0.5, 0.6) is 5.75 Å². The van der Waals surface area contributed by atoms with Crippen LogP contribution in [0.3, 0.4) is 0 Å². The van der Waals surface area contributed by atoms with E-state index in [0.29, 0.717) is 36.8 Å². The molecule has 0 spiro atoms. The lowest BCUT2D eigenvalue weighted by atomic mass is 9.84. The summed E-state index contributed by atoms with van der Waals surface area (Å²) in [5.41, 5.74) is 1.34. The first kappa shape index (κ1) is 18.2. The molecule has 1 heterocycles. The van der Waals surface area contributed by atoms with Gasteiger partial charge in [-0.05, 0) is 43.9 Å². The van der Waals surface area contributed by atoms with E-state index < -0.39 is 0 Å². The summed E-state index contributed by atoms with van der Waals surface area (Å²) in [4.78, 5) is 15.0. The molecular weight excluding hydrogens is 320 g/mol. The van der Waals surface area contributed by atoms with Crippen molar-refractivity contribution in [1.82, 2.24) is 4.90 Å². The van der Waals surface area contributed by atoms with Crippen molar-refractivity contribution in [2.24, 2.45) is 5.92 Å². The molecule has 1 saturated carbocycles. The second-order valence-electron chi connectivity index (χ2n) is 6.79. The molecule has 1 aliphatic heterocycles. The molecule has 0 radical (unpaired) electrons. The zero-order valence-electron chi connectivity index (χ0n) is 14.9. The van der Waals surface area contributed by atoms with E-state index in [9.17, 15) is 9.90 Å². The van der Waals surface area contributed by atoms with Crippen LogP contribution in [0.4, 0.5) is 5.69 Å². The quantitative estimate of drug-likeness (QED) is 0.789. The minimum absolute atomic E-state index is 0.0490. The number of hydrogen-bond acceptors (Lipinski definition) is 5. The van der Waals surface area contributed by atoms with Gasteiger partial charge in [-0.2, -0.15) is 0 Å². The number of morpholine rings is 1. The molecule has 1 aromatic rings. The maximum atomic E-state index is 12.7. The average molecular weight is 348 g/mol. The van der Waals surface area contributed by atoms with Crippen LogP contribution in [-0.4, -0.2) is 54.9 Å². The second kappa shape index (κ2) is 8.65. The normalized spacial score (nSPS) is 21.6. The minimum atomic E-state index is -0.251. The van der Waals surface area contributed by atoms with Crippen LogP contribution in [0, 0.1) is 5.92 Å². The molecule has 0 bridgehead atoms.